The molecule has 2 amide bonds. The van der Waals surface area contributed by atoms with Gasteiger partial charge in [-0.15, -0.1) is 0 Å². The number of ketones is 1. The highest BCUT2D eigenvalue weighted by molar-refractivity contribution is 6.04. The van der Waals surface area contributed by atoms with Crippen molar-refractivity contribution in [2.75, 3.05) is 13.1 Å². The molecule has 112 valence electrons. The minimum absolute atomic E-state index is 0.0426. The Morgan fingerprint density at radius 2 is 2.10 bits per heavy atom. The zero-order valence-corrected chi connectivity index (χ0v) is 12.2. The number of aryl methyl sites for hydroxylation is 1. The fraction of sp³-hybridized carbons (Fsp3) is 0.533. The molecule has 2 heterocycles. The minimum atomic E-state index is -0.525. The number of carbonyl (C=O) groups is 3. The number of Topliss-reactive ketones (excluding diaryl/α,β-unsaturated/α-hetero) is 1. The number of hydrogen-bond acceptors (Lipinski definition) is 4. The summed E-state index contributed by atoms with van der Waals surface area (Å²) in [6, 6.07) is -0.525. The summed E-state index contributed by atoms with van der Waals surface area (Å²) in [5.41, 5.74) is 1.18. The molecular weight excluding hydrogens is 272 g/mol. The van der Waals surface area contributed by atoms with Crippen LogP contribution in [0, 0.1) is 6.92 Å². The zero-order chi connectivity index (χ0) is 15.1. The number of carbonyl (C=O) groups excluding carboxylic acids is 3. The number of amides is 2. The molecule has 6 heteroatoms. The summed E-state index contributed by atoms with van der Waals surface area (Å²) in [5.74, 6) is 0.385. The minimum Gasteiger partial charge on any atom is -0.455 e. The van der Waals surface area contributed by atoms with Crippen LogP contribution < -0.4 is 5.32 Å². The molecule has 3 rings (SSSR count). The van der Waals surface area contributed by atoms with Crippen LogP contribution in [0.25, 0.3) is 0 Å². The lowest BCUT2D eigenvalue weighted by Gasteiger charge is -2.32. The zero-order valence-electron chi connectivity index (χ0n) is 12.2. The van der Waals surface area contributed by atoms with Crippen molar-refractivity contribution in [1.82, 2.24) is 10.2 Å². The van der Waals surface area contributed by atoms with E-state index in [4.69, 9.17) is 4.42 Å². The normalized spacial score (nSPS) is 22.0. The van der Waals surface area contributed by atoms with E-state index in [1.165, 1.54) is 4.90 Å². The average Bonchev–Trinajstić information content (AvgIpc) is 2.80. The van der Waals surface area contributed by atoms with E-state index < -0.39 is 6.04 Å². The van der Waals surface area contributed by atoms with E-state index in [1.54, 1.807) is 13.8 Å². The first-order valence-electron chi connectivity index (χ1n) is 7.25. The summed E-state index contributed by atoms with van der Waals surface area (Å²) in [6.45, 7) is 4.32. The molecule has 21 heavy (non-hydrogen) atoms. The van der Waals surface area contributed by atoms with Gasteiger partial charge in [-0.3, -0.25) is 14.4 Å². The second kappa shape index (κ2) is 5.02. The van der Waals surface area contributed by atoms with E-state index in [1.807, 2.05) is 0 Å². The van der Waals surface area contributed by atoms with Crippen LogP contribution in [0.2, 0.25) is 0 Å². The Kier molecular flexibility index (Phi) is 3.31. The molecule has 2 aliphatic rings. The lowest BCUT2D eigenvalue weighted by atomic mass is 9.94. The number of hydrogen-bond donors (Lipinski definition) is 1. The predicted molar refractivity (Wildman–Crippen MR) is 74.2 cm³/mol. The van der Waals surface area contributed by atoms with Gasteiger partial charge in [0.2, 0.25) is 5.91 Å². The first-order valence-corrected chi connectivity index (χ1v) is 7.25. The topological polar surface area (TPSA) is 79.6 Å². The first-order chi connectivity index (χ1) is 10.0. The third-order valence-electron chi connectivity index (χ3n) is 4.26. The highest BCUT2D eigenvalue weighted by Gasteiger charge is 2.35. The van der Waals surface area contributed by atoms with Crippen LogP contribution in [0.1, 0.15) is 52.0 Å². The summed E-state index contributed by atoms with van der Waals surface area (Å²) in [5, 5.41) is 2.72. The van der Waals surface area contributed by atoms with Gasteiger partial charge < -0.3 is 14.6 Å². The average molecular weight is 290 g/mol. The van der Waals surface area contributed by atoms with Crippen LogP contribution in [-0.4, -0.2) is 41.6 Å². The number of piperazine rings is 1. The summed E-state index contributed by atoms with van der Waals surface area (Å²) >= 11 is 0. The second-order valence-corrected chi connectivity index (χ2v) is 5.60. The largest absolute Gasteiger partial charge is 0.455 e. The van der Waals surface area contributed by atoms with Crippen molar-refractivity contribution in [1.29, 1.82) is 0 Å². The lowest BCUT2D eigenvalue weighted by molar-refractivity contribution is -0.127. The third kappa shape index (κ3) is 2.14. The maximum absolute atomic E-state index is 12.6. The lowest BCUT2D eigenvalue weighted by Crippen LogP contribution is -2.55. The summed E-state index contributed by atoms with van der Waals surface area (Å²) in [4.78, 5) is 37.8. The van der Waals surface area contributed by atoms with Crippen LogP contribution in [0.3, 0.4) is 0 Å². The Balaban J connectivity index is 1.95. The van der Waals surface area contributed by atoms with Gasteiger partial charge in [0.25, 0.3) is 5.91 Å². The van der Waals surface area contributed by atoms with E-state index in [9.17, 15) is 14.4 Å². The summed E-state index contributed by atoms with van der Waals surface area (Å²) < 4.78 is 5.66. The number of furan rings is 1. The van der Waals surface area contributed by atoms with Crippen molar-refractivity contribution in [2.24, 2.45) is 0 Å². The molecule has 0 unspecified atom stereocenters. The Bertz CT molecular complexity index is 632. The molecule has 1 fully saturated rings. The molecule has 1 aromatic rings. The van der Waals surface area contributed by atoms with Crippen molar-refractivity contribution in [3.8, 4) is 0 Å². The monoisotopic (exact) mass is 290 g/mol. The molecule has 1 aromatic heterocycles. The number of nitrogens with one attached hydrogen (secondary N) is 1. The van der Waals surface area contributed by atoms with E-state index in [-0.39, 0.29) is 23.4 Å². The van der Waals surface area contributed by atoms with Crippen molar-refractivity contribution in [2.45, 2.75) is 39.2 Å². The van der Waals surface area contributed by atoms with E-state index in [2.05, 4.69) is 5.32 Å². The summed E-state index contributed by atoms with van der Waals surface area (Å²) in [6.07, 6.45) is 1.95. The summed E-state index contributed by atoms with van der Waals surface area (Å²) in [7, 11) is 0. The number of nitrogens with zero attached hydrogens (tertiary/aromatic N) is 1. The Morgan fingerprint density at radius 1 is 1.33 bits per heavy atom. The molecule has 0 radical (unpaired) electrons. The van der Waals surface area contributed by atoms with E-state index in [0.717, 1.165) is 6.42 Å². The highest BCUT2D eigenvalue weighted by Crippen LogP contribution is 2.30. The molecule has 0 bridgehead atoms. The van der Waals surface area contributed by atoms with Gasteiger partial charge >= 0.3 is 0 Å². The molecule has 1 saturated heterocycles. The van der Waals surface area contributed by atoms with Gasteiger partial charge in [0.1, 0.15) is 11.8 Å². The van der Waals surface area contributed by atoms with Crippen molar-refractivity contribution < 1.29 is 18.8 Å². The number of rotatable bonds is 1. The van der Waals surface area contributed by atoms with Crippen molar-refractivity contribution in [3.05, 3.63) is 22.6 Å². The molecule has 0 saturated carbocycles. The first kappa shape index (κ1) is 13.9. The maximum atomic E-state index is 12.6. The maximum Gasteiger partial charge on any atom is 0.290 e. The molecule has 1 aliphatic heterocycles. The Labute approximate surface area is 122 Å². The molecule has 1 atom stereocenters. The van der Waals surface area contributed by atoms with Gasteiger partial charge in [-0.25, -0.2) is 0 Å². The Hall–Kier alpha value is -2.11. The van der Waals surface area contributed by atoms with E-state index >= 15 is 0 Å². The van der Waals surface area contributed by atoms with Gasteiger partial charge in [0.05, 0.1) is 5.56 Å². The third-order valence-corrected chi connectivity index (χ3v) is 4.26. The van der Waals surface area contributed by atoms with E-state index in [0.29, 0.717) is 42.8 Å². The standard InChI is InChI=1S/C15H18N2O4/c1-8-12-10(18)4-3-5-11(12)21-13(8)15(20)17-7-6-16-14(19)9(17)2/h9H,3-7H2,1-2H3,(H,16,19)/t9-/m0/s1. The van der Waals surface area contributed by atoms with Crippen LogP contribution >= 0.6 is 0 Å². The Morgan fingerprint density at radius 3 is 2.81 bits per heavy atom. The molecular formula is C15H18N2O4. The molecule has 6 nitrogen and oxygen atoms in total. The van der Waals surface area contributed by atoms with Gasteiger partial charge in [0.15, 0.2) is 11.5 Å². The van der Waals surface area contributed by atoms with Crippen LogP contribution in [-0.2, 0) is 11.2 Å². The second-order valence-electron chi connectivity index (χ2n) is 5.60. The van der Waals surface area contributed by atoms with Crippen LogP contribution in [0.5, 0.6) is 0 Å². The quantitative estimate of drug-likeness (QED) is 0.839. The SMILES string of the molecule is Cc1c(C(=O)N2CCNC(=O)[C@@H]2C)oc2c1C(=O)CCC2. The van der Waals surface area contributed by atoms with Gasteiger partial charge in [-0.2, -0.15) is 0 Å². The predicted octanol–water partition coefficient (Wildman–Crippen LogP) is 1.07. The molecule has 0 aromatic carbocycles. The highest BCUT2D eigenvalue weighted by atomic mass is 16.4. The van der Waals surface area contributed by atoms with Gasteiger partial charge in [0, 0.05) is 31.5 Å². The van der Waals surface area contributed by atoms with Crippen LogP contribution in [0.4, 0.5) is 0 Å². The fourth-order valence-electron chi connectivity index (χ4n) is 3.04. The van der Waals surface area contributed by atoms with Crippen molar-refractivity contribution >= 4 is 17.6 Å². The molecule has 0 spiro atoms. The smallest absolute Gasteiger partial charge is 0.290 e. The molecule has 1 N–H and O–H groups in total. The van der Waals surface area contributed by atoms with Gasteiger partial charge in [-0.05, 0) is 20.3 Å². The number of fused-ring (bicyclic) bond motifs is 1. The fourth-order valence-corrected chi connectivity index (χ4v) is 3.04. The van der Waals surface area contributed by atoms with Gasteiger partial charge in [-0.1, -0.05) is 0 Å². The molecule has 1 aliphatic carbocycles. The van der Waals surface area contributed by atoms with Crippen LogP contribution in [0.15, 0.2) is 4.42 Å². The van der Waals surface area contributed by atoms with Crippen molar-refractivity contribution in [3.63, 3.8) is 0 Å².